The second kappa shape index (κ2) is 4.47. The first-order valence-corrected chi connectivity index (χ1v) is 8.68. The molecule has 1 heterocycles. The maximum Gasteiger partial charge on any atom is 0.320 e. The molecule has 0 saturated carbocycles. The highest BCUT2D eigenvalue weighted by Crippen LogP contribution is 2.38. The van der Waals surface area contributed by atoms with E-state index in [0.717, 1.165) is 0 Å². The molecule has 0 bridgehead atoms. The van der Waals surface area contributed by atoms with Crippen LogP contribution in [0.1, 0.15) is 27.2 Å². The van der Waals surface area contributed by atoms with Gasteiger partial charge < -0.3 is 14.8 Å². The van der Waals surface area contributed by atoms with E-state index in [9.17, 15) is 4.79 Å². The van der Waals surface area contributed by atoms with Crippen LogP contribution in [0.5, 0.6) is 0 Å². The molecule has 0 aliphatic carbocycles. The highest BCUT2D eigenvalue weighted by Gasteiger charge is 2.41. The quantitative estimate of drug-likeness (QED) is 0.745. The van der Waals surface area contributed by atoms with Crippen molar-refractivity contribution in [3.63, 3.8) is 0 Å². The number of hydrogen-bond donors (Lipinski definition) is 2. The lowest BCUT2D eigenvalue weighted by atomic mass is 10.2. The largest absolute Gasteiger partial charge is 0.480 e. The van der Waals surface area contributed by atoms with E-state index < -0.39 is 20.3 Å². The SMILES string of the molecule is CC(C)(C)[Si](C)(C)O[C@@H]1CN[C@H](C(=O)O)C1. The highest BCUT2D eigenvalue weighted by atomic mass is 28.4. The molecule has 2 atom stereocenters. The number of carboxylic acid groups (broad SMARTS) is 1. The Morgan fingerprint density at radius 1 is 1.44 bits per heavy atom. The second-order valence-corrected chi connectivity index (χ2v) is 10.8. The molecule has 1 fully saturated rings. The Labute approximate surface area is 98.5 Å². The first kappa shape index (κ1) is 13.7. The maximum atomic E-state index is 10.8. The minimum atomic E-state index is -1.77. The van der Waals surface area contributed by atoms with Gasteiger partial charge in [0.2, 0.25) is 0 Å². The minimum absolute atomic E-state index is 0.0574. The standard InChI is InChI=1S/C11H23NO3Si/c1-11(2,3)16(4,5)15-8-6-9(10(13)14)12-7-8/h8-9,12H,6-7H2,1-5H3,(H,13,14)/t8-,9-/m0/s1. The first-order chi connectivity index (χ1) is 7.13. The van der Waals surface area contributed by atoms with Gasteiger partial charge in [0.15, 0.2) is 8.32 Å². The molecule has 0 aromatic carbocycles. The number of carboxylic acids is 1. The van der Waals surface area contributed by atoms with Gasteiger partial charge in [-0.05, 0) is 24.6 Å². The molecule has 0 radical (unpaired) electrons. The molecule has 94 valence electrons. The van der Waals surface area contributed by atoms with Crippen LogP contribution in [0.4, 0.5) is 0 Å². The Hall–Kier alpha value is -0.393. The predicted molar refractivity (Wildman–Crippen MR) is 66.1 cm³/mol. The Bertz CT molecular complexity index is 273. The van der Waals surface area contributed by atoms with Gasteiger partial charge in [0.1, 0.15) is 6.04 Å². The Morgan fingerprint density at radius 2 is 2.00 bits per heavy atom. The van der Waals surface area contributed by atoms with Crippen molar-refractivity contribution in [1.29, 1.82) is 0 Å². The fourth-order valence-corrected chi connectivity index (χ4v) is 2.94. The van der Waals surface area contributed by atoms with Crippen LogP contribution in [-0.2, 0) is 9.22 Å². The van der Waals surface area contributed by atoms with E-state index >= 15 is 0 Å². The number of rotatable bonds is 3. The summed E-state index contributed by atoms with van der Waals surface area (Å²) in [6, 6.07) is -0.435. The molecule has 5 heteroatoms. The molecule has 2 N–H and O–H groups in total. The third kappa shape index (κ3) is 3.05. The van der Waals surface area contributed by atoms with Crippen LogP contribution in [0.25, 0.3) is 0 Å². The average Bonchev–Trinajstić information content (AvgIpc) is 2.49. The molecular formula is C11H23NO3Si. The number of hydrogen-bond acceptors (Lipinski definition) is 3. The zero-order chi connectivity index (χ0) is 12.6. The molecule has 4 nitrogen and oxygen atoms in total. The normalized spacial score (nSPS) is 27.1. The zero-order valence-electron chi connectivity index (χ0n) is 10.8. The summed E-state index contributed by atoms with van der Waals surface area (Å²) in [5.41, 5.74) is 0. The van der Waals surface area contributed by atoms with Crippen LogP contribution in [0.2, 0.25) is 18.1 Å². The predicted octanol–water partition coefficient (Wildman–Crippen LogP) is 1.82. The third-order valence-electron chi connectivity index (χ3n) is 3.66. The van der Waals surface area contributed by atoms with Gasteiger partial charge in [0, 0.05) is 6.54 Å². The Morgan fingerprint density at radius 3 is 2.38 bits per heavy atom. The lowest BCUT2D eigenvalue weighted by molar-refractivity contribution is -0.139. The summed E-state index contributed by atoms with van der Waals surface area (Å²) in [5, 5.41) is 12.0. The van der Waals surface area contributed by atoms with Gasteiger partial charge in [-0.3, -0.25) is 4.79 Å². The van der Waals surface area contributed by atoms with E-state index in [1.54, 1.807) is 0 Å². The lowest BCUT2D eigenvalue weighted by Gasteiger charge is -2.38. The van der Waals surface area contributed by atoms with Gasteiger partial charge >= 0.3 is 5.97 Å². The topological polar surface area (TPSA) is 58.6 Å². The molecule has 0 amide bonds. The summed E-state index contributed by atoms with van der Waals surface area (Å²) < 4.78 is 6.16. The molecule has 1 aliphatic rings. The fourth-order valence-electron chi connectivity index (χ4n) is 1.57. The summed E-state index contributed by atoms with van der Waals surface area (Å²) in [6.45, 7) is 11.6. The molecule has 1 rings (SSSR count). The van der Waals surface area contributed by atoms with E-state index in [1.165, 1.54) is 0 Å². The van der Waals surface area contributed by atoms with Gasteiger partial charge in [-0.1, -0.05) is 20.8 Å². The molecule has 0 spiro atoms. The summed E-state index contributed by atoms with van der Waals surface area (Å²) >= 11 is 0. The number of aliphatic carboxylic acids is 1. The first-order valence-electron chi connectivity index (χ1n) is 5.77. The second-order valence-electron chi connectivity index (χ2n) is 6.03. The number of nitrogens with one attached hydrogen (secondary N) is 1. The maximum absolute atomic E-state index is 10.8. The van der Waals surface area contributed by atoms with Crippen molar-refractivity contribution in [1.82, 2.24) is 5.32 Å². The van der Waals surface area contributed by atoms with E-state index in [0.29, 0.717) is 13.0 Å². The van der Waals surface area contributed by atoms with Crippen molar-refractivity contribution < 1.29 is 14.3 Å². The van der Waals surface area contributed by atoms with Crippen LogP contribution >= 0.6 is 0 Å². The highest BCUT2D eigenvalue weighted by molar-refractivity contribution is 6.74. The van der Waals surface area contributed by atoms with E-state index in [4.69, 9.17) is 9.53 Å². The summed E-state index contributed by atoms with van der Waals surface area (Å²) in [4.78, 5) is 10.8. The Kier molecular flexibility index (Phi) is 3.82. The van der Waals surface area contributed by atoms with Gasteiger partial charge in [0.25, 0.3) is 0 Å². The third-order valence-corrected chi connectivity index (χ3v) is 8.19. The molecule has 1 aliphatic heterocycles. The van der Waals surface area contributed by atoms with Crippen molar-refractivity contribution >= 4 is 14.3 Å². The van der Waals surface area contributed by atoms with E-state index in [-0.39, 0.29) is 11.1 Å². The van der Waals surface area contributed by atoms with E-state index in [2.05, 4.69) is 39.2 Å². The van der Waals surface area contributed by atoms with Crippen molar-refractivity contribution in [2.24, 2.45) is 0 Å². The smallest absolute Gasteiger partial charge is 0.320 e. The number of carbonyl (C=O) groups is 1. The molecule has 0 aromatic heterocycles. The fraction of sp³-hybridized carbons (Fsp3) is 0.909. The van der Waals surface area contributed by atoms with Gasteiger partial charge in [-0.25, -0.2) is 0 Å². The Balaban J connectivity index is 2.54. The van der Waals surface area contributed by atoms with Gasteiger partial charge in [0.05, 0.1) is 6.10 Å². The van der Waals surface area contributed by atoms with Crippen molar-refractivity contribution in [2.45, 2.75) is 57.5 Å². The summed E-state index contributed by atoms with van der Waals surface area (Å²) in [7, 11) is -1.77. The molecule has 0 unspecified atom stereocenters. The van der Waals surface area contributed by atoms with Crippen LogP contribution in [0.15, 0.2) is 0 Å². The van der Waals surface area contributed by atoms with Crippen LogP contribution in [0.3, 0.4) is 0 Å². The summed E-state index contributed by atoms with van der Waals surface area (Å²) in [6.07, 6.45) is 0.643. The van der Waals surface area contributed by atoms with Crippen LogP contribution < -0.4 is 5.32 Å². The van der Waals surface area contributed by atoms with Gasteiger partial charge in [-0.15, -0.1) is 0 Å². The average molecular weight is 245 g/mol. The van der Waals surface area contributed by atoms with E-state index in [1.807, 2.05) is 0 Å². The lowest BCUT2D eigenvalue weighted by Crippen LogP contribution is -2.44. The molecule has 16 heavy (non-hydrogen) atoms. The monoisotopic (exact) mass is 245 g/mol. The molecular weight excluding hydrogens is 222 g/mol. The van der Waals surface area contributed by atoms with Crippen molar-refractivity contribution in [3.05, 3.63) is 0 Å². The van der Waals surface area contributed by atoms with Crippen molar-refractivity contribution in [3.8, 4) is 0 Å². The van der Waals surface area contributed by atoms with Crippen LogP contribution in [-0.4, -0.2) is 38.1 Å². The molecule has 1 saturated heterocycles. The van der Waals surface area contributed by atoms with Crippen LogP contribution in [0, 0.1) is 0 Å². The zero-order valence-corrected chi connectivity index (χ0v) is 11.8. The van der Waals surface area contributed by atoms with Crippen molar-refractivity contribution in [2.75, 3.05) is 6.54 Å². The molecule has 0 aromatic rings. The summed E-state index contributed by atoms with van der Waals surface area (Å²) in [5.74, 6) is -0.777. The minimum Gasteiger partial charge on any atom is -0.480 e. The van der Waals surface area contributed by atoms with Gasteiger partial charge in [-0.2, -0.15) is 0 Å².